The molecule has 0 aromatic heterocycles. The average molecular weight is 344 g/mol. The minimum absolute atomic E-state index is 0.0547. The van der Waals surface area contributed by atoms with Crippen molar-refractivity contribution in [3.8, 4) is 0 Å². The maximum absolute atomic E-state index is 13.2. The maximum Gasteiger partial charge on any atom is 0.244 e. The number of halogens is 1. The molecule has 124 valence electrons. The highest BCUT2D eigenvalue weighted by Crippen LogP contribution is 2.38. The number of nitrogens with one attached hydrogen (secondary N) is 1. The van der Waals surface area contributed by atoms with Crippen LogP contribution in [0.1, 0.15) is 16.5 Å². The van der Waals surface area contributed by atoms with E-state index in [9.17, 15) is 14.0 Å². The minimum atomic E-state index is -0.418. The van der Waals surface area contributed by atoms with Crippen LogP contribution >= 0.6 is 11.8 Å². The fourth-order valence-corrected chi connectivity index (χ4v) is 3.74. The van der Waals surface area contributed by atoms with Crippen LogP contribution in [-0.2, 0) is 9.59 Å². The highest BCUT2D eigenvalue weighted by molar-refractivity contribution is 8.00. The molecule has 1 atom stereocenters. The molecule has 1 N–H and O–H groups in total. The Labute approximate surface area is 144 Å². The van der Waals surface area contributed by atoms with E-state index in [-0.39, 0.29) is 23.7 Å². The Kier molecular flexibility index (Phi) is 4.85. The first-order valence-electron chi connectivity index (χ1n) is 7.56. The lowest BCUT2D eigenvalue weighted by Gasteiger charge is -2.23. The second-order valence-electron chi connectivity index (χ2n) is 5.65. The van der Waals surface area contributed by atoms with Gasteiger partial charge in [0.25, 0.3) is 0 Å². The number of hydrogen-bond acceptors (Lipinski definition) is 3. The van der Waals surface area contributed by atoms with Gasteiger partial charge in [-0.3, -0.25) is 9.59 Å². The molecule has 2 aromatic rings. The van der Waals surface area contributed by atoms with Gasteiger partial charge >= 0.3 is 0 Å². The van der Waals surface area contributed by atoms with Gasteiger partial charge in [0.2, 0.25) is 11.8 Å². The SMILES string of the molecule is Cc1ccc(C2SCC(=O)N2CC(=O)Nc2cccc(F)c2)cc1. The third kappa shape index (κ3) is 3.76. The van der Waals surface area contributed by atoms with Crippen molar-refractivity contribution in [2.75, 3.05) is 17.6 Å². The van der Waals surface area contributed by atoms with Crippen molar-refractivity contribution in [2.45, 2.75) is 12.3 Å². The Balaban J connectivity index is 1.70. The quantitative estimate of drug-likeness (QED) is 0.925. The van der Waals surface area contributed by atoms with Gasteiger partial charge in [-0.05, 0) is 30.7 Å². The van der Waals surface area contributed by atoms with Crippen molar-refractivity contribution in [3.63, 3.8) is 0 Å². The number of thioether (sulfide) groups is 1. The maximum atomic E-state index is 13.2. The zero-order chi connectivity index (χ0) is 17.1. The van der Waals surface area contributed by atoms with Gasteiger partial charge in [-0.15, -0.1) is 11.8 Å². The second-order valence-corrected chi connectivity index (χ2v) is 6.72. The fraction of sp³-hybridized carbons (Fsp3) is 0.222. The Morgan fingerprint density at radius 2 is 2.04 bits per heavy atom. The van der Waals surface area contributed by atoms with Crippen molar-refractivity contribution in [3.05, 3.63) is 65.5 Å². The number of rotatable bonds is 4. The van der Waals surface area contributed by atoms with Gasteiger partial charge in [0.15, 0.2) is 0 Å². The highest BCUT2D eigenvalue weighted by atomic mass is 32.2. The molecule has 3 rings (SSSR count). The summed E-state index contributed by atoms with van der Waals surface area (Å²) in [6.45, 7) is 1.95. The predicted molar refractivity (Wildman–Crippen MR) is 93.1 cm³/mol. The molecule has 24 heavy (non-hydrogen) atoms. The Hall–Kier alpha value is -2.34. The lowest BCUT2D eigenvalue weighted by atomic mass is 10.1. The molecule has 1 aliphatic rings. The smallest absolute Gasteiger partial charge is 0.244 e. The molecule has 1 aliphatic heterocycles. The topological polar surface area (TPSA) is 49.4 Å². The first-order valence-corrected chi connectivity index (χ1v) is 8.61. The predicted octanol–water partition coefficient (Wildman–Crippen LogP) is 3.35. The van der Waals surface area contributed by atoms with E-state index in [0.717, 1.165) is 11.1 Å². The van der Waals surface area contributed by atoms with Crippen molar-refractivity contribution < 1.29 is 14.0 Å². The van der Waals surface area contributed by atoms with E-state index in [2.05, 4.69) is 5.32 Å². The first-order chi connectivity index (χ1) is 11.5. The lowest BCUT2D eigenvalue weighted by Crippen LogP contribution is -2.36. The number of hydrogen-bond donors (Lipinski definition) is 1. The Bertz CT molecular complexity index is 764. The highest BCUT2D eigenvalue weighted by Gasteiger charge is 2.34. The summed E-state index contributed by atoms with van der Waals surface area (Å²) in [5, 5.41) is 2.46. The summed E-state index contributed by atoms with van der Waals surface area (Å²) in [6.07, 6.45) is 0. The summed E-state index contributed by atoms with van der Waals surface area (Å²) in [4.78, 5) is 25.9. The van der Waals surface area contributed by atoms with E-state index < -0.39 is 5.82 Å². The molecule has 0 saturated carbocycles. The number of carbonyl (C=O) groups is 2. The van der Waals surface area contributed by atoms with Gasteiger partial charge < -0.3 is 10.2 Å². The van der Waals surface area contributed by atoms with E-state index in [1.54, 1.807) is 11.0 Å². The monoisotopic (exact) mass is 344 g/mol. The van der Waals surface area contributed by atoms with Crippen LogP contribution < -0.4 is 5.32 Å². The first kappa shape index (κ1) is 16.5. The van der Waals surface area contributed by atoms with Crippen LogP contribution in [0.4, 0.5) is 10.1 Å². The lowest BCUT2D eigenvalue weighted by molar-refractivity contribution is -0.132. The minimum Gasteiger partial charge on any atom is -0.324 e. The summed E-state index contributed by atoms with van der Waals surface area (Å²) in [5.41, 5.74) is 2.52. The van der Waals surface area contributed by atoms with Crippen LogP contribution in [-0.4, -0.2) is 29.0 Å². The standard InChI is InChI=1S/C18H17FN2O2S/c1-12-5-7-13(8-6-12)18-21(17(23)11-24-18)10-16(22)20-15-4-2-3-14(19)9-15/h2-9,18H,10-11H2,1H3,(H,20,22). The van der Waals surface area contributed by atoms with Gasteiger partial charge in [-0.2, -0.15) is 0 Å². The molecule has 0 spiro atoms. The summed E-state index contributed by atoms with van der Waals surface area (Å²) in [7, 11) is 0. The number of aryl methyl sites for hydroxylation is 1. The molecule has 2 aromatic carbocycles. The van der Waals surface area contributed by atoms with Crippen molar-refractivity contribution >= 4 is 29.3 Å². The zero-order valence-corrected chi connectivity index (χ0v) is 14.0. The third-order valence-corrected chi connectivity index (χ3v) is 5.01. The van der Waals surface area contributed by atoms with E-state index in [1.165, 1.54) is 30.0 Å². The van der Waals surface area contributed by atoms with Gasteiger partial charge in [-0.1, -0.05) is 35.9 Å². The van der Waals surface area contributed by atoms with Gasteiger partial charge in [0.1, 0.15) is 17.7 Å². The molecule has 0 radical (unpaired) electrons. The van der Waals surface area contributed by atoms with Crippen molar-refractivity contribution in [1.82, 2.24) is 4.90 Å². The molecular weight excluding hydrogens is 327 g/mol. The zero-order valence-electron chi connectivity index (χ0n) is 13.2. The Morgan fingerprint density at radius 3 is 2.75 bits per heavy atom. The van der Waals surface area contributed by atoms with E-state index >= 15 is 0 Å². The number of nitrogens with zero attached hydrogens (tertiary/aromatic N) is 1. The summed E-state index contributed by atoms with van der Waals surface area (Å²) >= 11 is 1.50. The van der Waals surface area contributed by atoms with Gasteiger partial charge in [0.05, 0.1) is 5.75 Å². The largest absolute Gasteiger partial charge is 0.324 e. The van der Waals surface area contributed by atoms with Crippen LogP contribution in [0, 0.1) is 12.7 Å². The number of carbonyl (C=O) groups excluding carboxylic acids is 2. The number of amides is 2. The molecule has 6 heteroatoms. The van der Waals surface area contributed by atoms with Crippen LogP contribution in [0.5, 0.6) is 0 Å². The van der Waals surface area contributed by atoms with Crippen LogP contribution in [0.15, 0.2) is 48.5 Å². The van der Waals surface area contributed by atoms with Crippen LogP contribution in [0.2, 0.25) is 0 Å². The van der Waals surface area contributed by atoms with E-state index in [4.69, 9.17) is 0 Å². The molecule has 1 unspecified atom stereocenters. The molecule has 0 aliphatic carbocycles. The summed E-state index contributed by atoms with van der Waals surface area (Å²) in [6, 6.07) is 13.6. The van der Waals surface area contributed by atoms with E-state index in [0.29, 0.717) is 11.4 Å². The third-order valence-electron chi connectivity index (χ3n) is 3.75. The molecule has 1 saturated heterocycles. The molecular formula is C18H17FN2O2S. The normalized spacial score (nSPS) is 17.2. The second kappa shape index (κ2) is 7.05. The average Bonchev–Trinajstić information content (AvgIpc) is 2.89. The van der Waals surface area contributed by atoms with Crippen LogP contribution in [0.3, 0.4) is 0 Å². The van der Waals surface area contributed by atoms with Gasteiger partial charge in [0, 0.05) is 5.69 Å². The Morgan fingerprint density at radius 1 is 1.29 bits per heavy atom. The molecule has 0 bridgehead atoms. The van der Waals surface area contributed by atoms with Crippen molar-refractivity contribution in [2.24, 2.45) is 0 Å². The molecule has 4 nitrogen and oxygen atoms in total. The molecule has 1 heterocycles. The molecule has 1 fully saturated rings. The van der Waals surface area contributed by atoms with Crippen molar-refractivity contribution in [1.29, 1.82) is 0 Å². The van der Waals surface area contributed by atoms with Crippen LogP contribution in [0.25, 0.3) is 0 Å². The van der Waals surface area contributed by atoms with E-state index in [1.807, 2.05) is 31.2 Å². The summed E-state index contributed by atoms with van der Waals surface area (Å²) in [5.74, 6) is -0.474. The van der Waals surface area contributed by atoms with Gasteiger partial charge in [-0.25, -0.2) is 4.39 Å². The number of anilines is 1. The summed E-state index contributed by atoms with van der Waals surface area (Å²) < 4.78 is 13.2. The fourth-order valence-electron chi connectivity index (χ4n) is 2.55. The number of benzene rings is 2. The molecule has 2 amide bonds.